The average molecular weight is 264 g/mol. The number of benzene rings is 2. The van der Waals surface area contributed by atoms with Gasteiger partial charge in [0.15, 0.2) is 0 Å². The van der Waals surface area contributed by atoms with E-state index in [1.165, 1.54) is 48.4 Å². The second-order valence-corrected chi connectivity index (χ2v) is 6.38. The molecule has 0 heterocycles. The van der Waals surface area contributed by atoms with Gasteiger partial charge in [0, 0.05) is 5.41 Å². The molecule has 0 amide bonds. The predicted molar refractivity (Wildman–Crippen MR) is 88.1 cm³/mol. The van der Waals surface area contributed by atoms with Crippen molar-refractivity contribution < 1.29 is 0 Å². The first-order valence-corrected chi connectivity index (χ1v) is 7.87. The first-order valence-electron chi connectivity index (χ1n) is 7.87. The average Bonchev–Trinajstić information content (AvgIpc) is 2.54. The fourth-order valence-corrected chi connectivity index (χ4v) is 3.75. The molecule has 0 N–H and O–H groups in total. The Labute approximate surface area is 122 Å². The summed E-state index contributed by atoms with van der Waals surface area (Å²) in [7, 11) is 0. The molecule has 2 aromatic carbocycles. The summed E-state index contributed by atoms with van der Waals surface area (Å²) in [5, 5.41) is 2.67. The van der Waals surface area contributed by atoms with Crippen LogP contribution in [-0.2, 0) is 5.41 Å². The molecule has 0 spiro atoms. The molecule has 0 heteroatoms. The second-order valence-electron chi connectivity index (χ2n) is 6.38. The standard InChI is InChI=1S/C20H24/c1-3-20(2,18-11-5-4-6-12-18)19-14-13-16-9-7-8-10-17(16)15-19/h3,7-10,13-15,18H,1,4-6,11-12H2,2H3/t20-/m0/s1. The van der Waals surface area contributed by atoms with E-state index in [0.29, 0.717) is 0 Å². The lowest BCUT2D eigenvalue weighted by molar-refractivity contribution is 0.262. The summed E-state index contributed by atoms with van der Waals surface area (Å²) in [4.78, 5) is 0. The normalized spacial score (nSPS) is 19.6. The van der Waals surface area contributed by atoms with Crippen molar-refractivity contribution in [1.82, 2.24) is 0 Å². The third kappa shape index (κ3) is 2.28. The van der Waals surface area contributed by atoms with Gasteiger partial charge in [-0.05, 0) is 35.1 Å². The van der Waals surface area contributed by atoms with Crippen molar-refractivity contribution in [2.75, 3.05) is 0 Å². The Kier molecular flexibility index (Phi) is 3.65. The van der Waals surface area contributed by atoms with Gasteiger partial charge in [0.25, 0.3) is 0 Å². The van der Waals surface area contributed by atoms with Crippen LogP contribution in [0.2, 0.25) is 0 Å². The SMILES string of the molecule is C=C[C@](C)(c1ccc2ccccc2c1)C1CCCCC1. The van der Waals surface area contributed by atoms with Crippen LogP contribution in [0, 0.1) is 5.92 Å². The molecular formula is C20H24. The molecule has 1 atom stereocenters. The van der Waals surface area contributed by atoms with E-state index in [4.69, 9.17) is 0 Å². The van der Waals surface area contributed by atoms with Crippen molar-refractivity contribution >= 4 is 10.8 Å². The lowest BCUT2D eigenvalue weighted by Gasteiger charge is -2.38. The van der Waals surface area contributed by atoms with Crippen LogP contribution in [0.1, 0.15) is 44.6 Å². The summed E-state index contributed by atoms with van der Waals surface area (Å²) in [5.74, 6) is 0.745. The van der Waals surface area contributed by atoms with Gasteiger partial charge < -0.3 is 0 Å². The quantitative estimate of drug-likeness (QED) is 0.609. The van der Waals surface area contributed by atoms with Crippen molar-refractivity contribution in [2.24, 2.45) is 5.92 Å². The highest BCUT2D eigenvalue weighted by Crippen LogP contribution is 2.42. The van der Waals surface area contributed by atoms with Crippen molar-refractivity contribution in [3.05, 3.63) is 60.7 Å². The maximum absolute atomic E-state index is 4.16. The van der Waals surface area contributed by atoms with Crippen molar-refractivity contribution in [3.63, 3.8) is 0 Å². The van der Waals surface area contributed by atoms with Crippen molar-refractivity contribution in [3.8, 4) is 0 Å². The molecule has 104 valence electrons. The molecular weight excluding hydrogens is 240 g/mol. The Hall–Kier alpha value is -1.56. The number of allylic oxidation sites excluding steroid dienone is 1. The third-order valence-corrected chi connectivity index (χ3v) is 5.25. The predicted octanol–water partition coefficient (Wildman–Crippen LogP) is 5.86. The first kappa shape index (κ1) is 13.4. The zero-order valence-electron chi connectivity index (χ0n) is 12.4. The minimum absolute atomic E-state index is 0.116. The van der Waals surface area contributed by atoms with Gasteiger partial charge in [-0.2, -0.15) is 0 Å². The lowest BCUT2D eigenvalue weighted by Crippen LogP contribution is -2.31. The van der Waals surface area contributed by atoms with E-state index < -0.39 is 0 Å². The molecule has 0 aliphatic heterocycles. The van der Waals surface area contributed by atoms with Crippen LogP contribution in [0.5, 0.6) is 0 Å². The summed E-state index contributed by atoms with van der Waals surface area (Å²) in [6.45, 7) is 6.54. The molecule has 0 saturated heterocycles. The number of fused-ring (bicyclic) bond motifs is 1. The third-order valence-electron chi connectivity index (χ3n) is 5.25. The summed E-state index contributed by atoms with van der Waals surface area (Å²) < 4.78 is 0. The molecule has 0 unspecified atom stereocenters. The van der Waals surface area contributed by atoms with Gasteiger partial charge in [-0.1, -0.05) is 74.7 Å². The molecule has 1 aliphatic carbocycles. The summed E-state index contributed by atoms with van der Waals surface area (Å²) in [5.41, 5.74) is 1.54. The highest BCUT2D eigenvalue weighted by Gasteiger charge is 2.33. The number of hydrogen-bond donors (Lipinski definition) is 0. The Morgan fingerprint density at radius 3 is 2.40 bits per heavy atom. The molecule has 0 aromatic heterocycles. The van der Waals surface area contributed by atoms with E-state index in [0.717, 1.165) is 5.92 Å². The van der Waals surface area contributed by atoms with Gasteiger partial charge in [0.05, 0.1) is 0 Å². The number of rotatable bonds is 3. The summed E-state index contributed by atoms with van der Waals surface area (Å²) in [6, 6.07) is 15.6. The van der Waals surface area contributed by atoms with Gasteiger partial charge in [0.1, 0.15) is 0 Å². The Morgan fingerprint density at radius 2 is 1.70 bits per heavy atom. The van der Waals surface area contributed by atoms with Crippen LogP contribution in [0.3, 0.4) is 0 Å². The van der Waals surface area contributed by atoms with Gasteiger partial charge in [-0.3, -0.25) is 0 Å². The van der Waals surface area contributed by atoms with Crippen LogP contribution in [-0.4, -0.2) is 0 Å². The fourth-order valence-electron chi connectivity index (χ4n) is 3.75. The van der Waals surface area contributed by atoms with E-state index >= 15 is 0 Å². The van der Waals surface area contributed by atoms with Crippen LogP contribution in [0.4, 0.5) is 0 Å². The minimum atomic E-state index is 0.116. The Balaban J connectivity index is 2.03. The van der Waals surface area contributed by atoms with Gasteiger partial charge >= 0.3 is 0 Å². The minimum Gasteiger partial charge on any atom is -0.102 e. The maximum Gasteiger partial charge on any atom is 0.0129 e. The van der Waals surface area contributed by atoms with Gasteiger partial charge in [-0.25, -0.2) is 0 Å². The van der Waals surface area contributed by atoms with Crippen LogP contribution >= 0.6 is 0 Å². The van der Waals surface area contributed by atoms with E-state index in [1.807, 2.05) is 0 Å². The van der Waals surface area contributed by atoms with Crippen molar-refractivity contribution in [2.45, 2.75) is 44.4 Å². The van der Waals surface area contributed by atoms with Gasteiger partial charge in [-0.15, -0.1) is 6.58 Å². The fraction of sp³-hybridized carbons (Fsp3) is 0.400. The van der Waals surface area contributed by atoms with E-state index in [9.17, 15) is 0 Å². The zero-order chi connectivity index (χ0) is 14.0. The summed E-state index contributed by atoms with van der Waals surface area (Å²) in [6.07, 6.45) is 9.03. The highest BCUT2D eigenvalue weighted by molar-refractivity contribution is 5.83. The first-order chi connectivity index (χ1) is 9.74. The Morgan fingerprint density at radius 1 is 1.00 bits per heavy atom. The molecule has 20 heavy (non-hydrogen) atoms. The van der Waals surface area contributed by atoms with E-state index in [2.05, 4.69) is 62.0 Å². The topological polar surface area (TPSA) is 0 Å². The molecule has 1 fully saturated rings. The Bertz CT molecular complexity index is 604. The monoisotopic (exact) mass is 264 g/mol. The zero-order valence-corrected chi connectivity index (χ0v) is 12.4. The van der Waals surface area contributed by atoms with Gasteiger partial charge in [0.2, 0.25) is 0 Å². The smallest absolute Gasteiger partial charge is 0.0129 e. The molecule has 2 aromatic rings. The van der Waals surface area contributed by atoms with E-state index in [-0.39, 0.29) is 5.41 Å². The van der Waals surface area contributed by atoms with Crippen LogP contribution in [0.25, 0.3) is 10.8 Å². The van der Waals surface area contributed by atoms with E-state index in [1.54, 1.807) is 0 Å². The molecule has 1 aliphatic rings. The maximum atomic E-state index is 4.16. The second kappa shape index (κ2) is 5.44. The molecule has 0 radical (unpaired) electrons. The lowest BCUT2D eigenvalue weighted by atomic mass is 9.66. The molecule has 1 saturated carbocycles. The van der Waals surface area contributed by atoms with Crippen molar-refractivity contribution in [1.29, 1.82) is 0 Å². The number of hydrogen-bond acceptors (Lipinski definition) is 0. The molecule has 0 nitrogen and oxygen atoms in total. The molecule has 3 rings (SSSR count). The largest absolute Gasteiger partial charge is 0.102 e. The van der Waals surface area contributed by atoms with Crippen LogP contribution < -0.4 is 0 Å². The van der Waals surface area contributed by atoms with Crippen LogP contribution in [0.15, 0.2) is 55.1 Å². The molecule has 0 bridgehead atoms. The summed E-state index contributed by atoms with van der Waals surface area (Å²) >= 11 is 0. The highest BCUT2D eigenvalue weighted by atomic mass is 14.4.